The van der Waals surface area contributed by atoms with E-state index in [1.165, 1.54) is 12.0 Å². The predicted octanol–water partition coefficient (Wildman–Crippen LogP) is 1.96. The fourth-order valence-corrected chi connectivity index (χ4v) is 2.33. The molecule has 3 nitrogen and oxygen atoms in total. The van der Waals surface area contributed by atoms with E-state index >= 15 is 0 Å². The van der Waals surface area contributed by atoms with Gasteiger partial charge < -0.3 is 10.2 Å². The summed E-state index contributed by atoms with van der Waals surface area (Å²) < 4.78 is 0. The van der Waals surface area contributed by atoms with Gasteiger partial charge in [0.25, 0.3) is 0 Å². The van der Waals surface area contributed by atoms with Crippen LogP contribution in [0.1, 0.15) is 24.6 Å². The summed E-state index contributed by atoms with van der Waals surface area (Å²) in [7, 11) is 1.98. The van der Waals surface area contributed by atoms with Gasteiger partial charge in [-0.05, 0) is 44.0 Å². The van der Waals surface area contributed by atoms with Crippen LogP contribution >= 0.6 is 0 Å². The molecule has 1 aromatic heterocycles. The zero-order valence-corrected chi connectivity index (χ0v) is 10.5. The maximum absolute atomic E-state index is 4.63. The minimum Gasteiger partial charge on any atom is -0.356 e. The third-order valence-electron chi connectivity index (χ3n) is 3.13. The molecule has 1 fully saturated rings. The van der Waals surface area contributed by atoms with E-state index in [9.17, 15) is 0 Å². The normalized spacial score (nSPS) is 20.4. The fraction of sp³-hybridized carbons (Fsp3) is 0.615. The van der Waals surface area contributed by atoms with E-state index in [-0.39, 0.29) is 0 Å². The SMILES string of the molecule is CNCc1cc(C)nc(N2CCC(C)C2)c1. The first-order chi connectivity index (χ1) is 7.69. The summed E-state index contributed by atoms with van der Waals surface area (Å²) in [4.78, 5) is 7.03. The van der Waals surface area contributed by atoms with E-state index < -0.39 is 0 Å². The number of rotatable bonds is 3. The zero-order chi connectivity index (χ0) is 11.5. The molecule has 0 amide bonds. The van der Waals surface area contributed by atoms with Gasteiger partial charge in [0, 0.05) is 25.3 Å². The van der Waals surface area contributed by atoms with Gasteiger partial charge in [0.1, 0.15) is 5.82 Å². The Morgan fingerprint density at radius 2 is 2.31 bits per heavy atom. The van der Waals surface area contributed by atoms with Gasteiger partial charge in [0.15, 0.2) is 0 Å². The molecule has 2 rings (SSSR count). The molecule has 0 aromatic carbocycles. The lowest BCUT2D eigenvalue weighted by Crippen LogP contribution is -2.21. The van der Waals surface area contributed by atoms with E-state index in [1.54, 1.807) is 0 Å². The summed E-state index contributed by atoms with van der Waals surface area (Å²) in [6, 6.07) is 4.36. The van der Waals surface area contributed by atoms with Crippen LogP contribution in [0.2, 0.25) is 0 Å². The summed E-state index contributed by atoms with van der Waals surface area (Å²) in [5.41, 5.74) is 2.44. The Labute approximate surface area is 97.9 Å². The second-order valence-corrected chi connectivity index (χ2v) is 4.85. The Hall–Kier alpha value is -1.09. The number of aromatic nitrogens is 1. The smallest absolute Gasteiger partial charge is 0.129 e. The monoisotopic (exact) mass is 219 g/mol. The van der Waals surface area contributed by atoms with Crippen LogP contribution in [0, 0.1) is 12.8 Å². The second-order valence-electron chi connectivity index (χ2n) is 4.85. The average molecular weight is 219 g/mol. The molecule has 3 heteroatoms. The predicted molar refractivity (Wildman–Crippen MR) is 67.7 cm³/mol. The molecular weight excluding hydrogens is 198 g/mol. The zero-order valence-electron chi connectivity index (χ0n) is 10.5. The van der Waals surface area contributed by atoms with Crippen LogP contribution in [0.15, 0.2) is 12.1 Å². The maximum Gasteiger partial charge on any atom is 0.129 e. The minimum atomic E-state index is 0.801. The molecule has 0 aliphatic carbocycles. The summed E-state index contributed by atoms with van der Waals surface area (Å²) in [6.45, 7) is 7.60. The summed E-state index contributed by atoms with van der Waals surface area (Å²) in [5, 5.41) is 3.19. The average Bonchev–Trinajstić information content (AvgIpc) is 2.64. The van der Waals surface area contributed by atoms with Crippen LogP contribution in [0.5, 0.6) is 0 Å². The van der Waals surface area contributed by atoms with E-state index in [0.717, 1.165) is 37.1 Å². The molecule has 16 heavy (non-hydrogen) atoms. The fourth-order valence-electron chi connectivity index (χ4n) is 2.33. The Kier molecular flexibility index (Phi) is 3.44. The van der Waals surface area contributed by atoms with Crippen LogP contribution in [0.4, 0.5) is 5.82 Å². The first kappa shape index (κ1) is 11.4. The number of hydrogen-bond acceptors (Lipinski definition) is 3. The van der Waals surface area contributed by atoms with Gasteiger partial charge in [-0.1, -0.05) is 6.92 Å². The first-order valence-electron chi connectivity index (χ1n) is 6.06. The first-order valence-corrected chi connectivity index (χ1v) is 6.06. The van der Waals surface area contributed by atoms with Crippen molar-refractivity contribution in [3.05, 3.63) is 23.4 Å². The number of aryl methyl sites for hydroxylation is 1. The van der Waals surface area contributed by atoms with Crippen molar-refractivity contribution in [1.82, 2.24) is 10.3 Å². The molecule has 0 bridgehead atoms. The van der Waals surface area contributed by atoms with Crippen LogP contribution in [-0.2, 0) is 6.54 Å². The van der Waals surface area contributed by atoms with Crippen molar-refractivity contribution in [3.63, 3.8) is 0 Å². The van der Waals surface area contributed by atoms with E-state index in [0.29, 0.717) is 0 Å². The Morgan fingerprint density at radius 1 is 1.50 bits per heavy atom. The molecule has 1 unspecified atom stereocenters. The summed E-state index contributed by atoms with van der Waals surface area (Å²) >= 11 is 0. The van der Waals surface area contributed by atoms with Gasteiger partial charge >= 0.3 is 0 Å². The quantitative estimate of drug-likeness (QED) is 0.842. The topological polar surface area (TPSA) is 28.2 Å². The van der Waals surface area contributed by atoms with Crippen molar-refractivity contribution in [3.8, 4) is 0 Å². The molecule has 1 aliphatic heterocycles. The van der Waals surface area contributed by atoms with Crippen molar-refractivity contribution in [2.24, 2.45) is 5.92 Å². The number of anilines is 1. The van der Waals surface area contributed by atoms with Crippen LogP contribution in [-0.4, -0.2) is 25.1 Å². The second kappa shape index (κ2) is 4.83. The standard InChI is InChI=1S/C13H21N3/c1-10-4-5-16(9-10)13-7-12(8-14-3)6-11(2)15-13/h6-7,10,14H,4-5,8-9H2,1-3H3. The van der Waals surface area contributed by atoms with Crippen molar-refractivity contribution < 1.29 is 0 Å². The molecule has 0 radical (unpaired) electrons. The molecule has 1 aromatic rings. The highest BCUT2D eigenvalue weighted by Crippen LogP contribution is 2.23. The molecule has 1 atom stereocenters. The van der Waals surface area contributed by atoms with Gasteiger partial charge in [0.05, 0.1) is 0 Å². The van der Waals surface area contributed by atoms with Gasteiger partial charge in [0.2, 0.25) is 0 Å². The number of nitrogens with one attached hydrogen (secondary N) is 1. The van der Waals surface area contributed by atoms with Gasteiger partial charge in [-0.15, -0.1) is 0 Å². The number of nitrogens with zero attached hydrogens (tertiary/aromatic N) is 2. The molecule has 1 aliphatic rings. The minimum absolute atomic E-state index is 0.801. The molecule has 2 heterocycles. The summed E-state index contributed by atoms with van der Waals surface area (Å²) in [5.74, 6) is 1.95. The van der Waals surface area contributed by atoms with Gasteiger partial charge in [-0.25, -0.2) is 4.98 Å². The molecule has 0 spiro atoms. The van der Waals surface area contributed by atoms with Gasteiger partial charge in [-0.3, -0.25) is 0 Å². The van der Waals surface area contributed by atoms with Crippen molar-refractivity contribution in [2.75, 3.05) is 25.0 Å². The number of pyridine rings is 1. The van der Waals surface area contributed by atoms with Crippen LogP contribution in [0.3, 0.4) is 0 Å². The molecule has 0 saturated carbocycles. The lowest BCUT2D eigenvalue weighted by atomic mass is 10.2. The van der Waals surface area contributed by atoms with E-state index in [2.05, 4.69) is 41.2 Å². The third kappa shape index (κ3) is 2.53. The molecule has 88 valence electrons. The third-order valence-corrected chi connectivity index (χ3v) is 3.13. The van der Waals surface area contributed by atoms with Crippen LogP contribution in [0.25, 0.3) is 0 Å². The Bertz CT molecular complexity index is 362. The number of hydrogen-bond donors (Lipinski definition) is 1. The largest absolute Gasteiger partial charge is 0.356 e. The Balaban J connectivity index is 2.20. The highest BCUT2D eigenvalue weighted by Gasteiger charge is 2.20. The Morgan fingerprint density at radius 3 is 2.94 bits per heavy atom. The highest BCUT2D eigenvalue weighted by molar-refractivity contribution is 5.43. The van der Waals surface area contributed by atoms with E-state index in [4.69, 9.17) is 0 Å². The van der Waals surface area contributed by atoms with Crippen molar-refractivity contribution in [2.45, 2.75) is 26.8 Å². The van der Waals surface area contributed by atoms with Gasteiger partial charge in [-0.2, -0.15) is 0 Å². The van der Waals surface area contributed by atoms with Crippen molar-refractivity contribution >= 4 is 5.82 Å². The summed E-state index contributed by atoms with van der Waals surface area (Å²) in [6.07, 6.45) is 1.29. The van der Waals surface area contributed by atoms with Crippen molar-refractivity contribution in [1.29, 1.82) is 0 Å². The van der Waals surface area contributed by atoms with E-state index in [1.807, 2.05) is 7.05 Å². The molecular formula is C13H21N3. The highest BCUT2D eigenvalue weighted by atomic mass is 15.2. The lowest BCUT2D eigenvalue weighted by molar-refractivity contribution is 0.658. The lowest BCUT2D eigenvalue weighted by Gasteiger charge is -2.18. The van der Waals surface area contributed by atoms with Crippen LogP contribution < -0.4 is 10.2 Å². The maximum atomic E-state index is 4.63. The molecule has 1 N–H and O–H groups in total. The molecule has 1 saturated heterocycles.